The number of carbonyl (C=O) groups excluding carboxylic acids is 3. The molecule has 0 saturated carbocycles. The predicted molar refractivity (Wildman–Crippen MR) is 133 cm³/mol. The van der Waals surface area contributed by atoms with Gasteiger partial charge in [0.25, 0.3) is 5.91 Å². The van der Waals surface area contributed by atoms with E-state index in [9.17, 15) is 18.8 Å². The van der Waals surface area contributed by atoms with Crippen LogP contribution in [-0.4, -0.2) is 73.3 Å². The molecule has 2 aliphatic heterocycles. The molecule has 0 bridgehead atoms. The Hall–Kier alpha value is -3.42. The molecular formula is C27H33FN4O3. The normalized spacial score (nSPS) is 20.1. The number of nitrogens with one attached hydrogen (secondary N) is 1. The van der Waals surface area contributed by atoms with Gasteiger partial charge in [-0.05, 0) is 55.7 Å². The molecule has 35 heavy (non-hydrogen) atoms. The topological polar surface area (TPSA) is 73.0 Å². The molecule has 7 nitrogen and oxygen atoms in total. The van der Waals surface area contributed by atoms with E-state index in [1.807, 2.05) is 23.1 Å². The average Bonchev–Trinajstić information content (AvgIpc) is 2.93. The number of nitrogens with zero attached hydrogens (tertiary/aromatic N) is 3. The van der Waals surface area contributed by atoms with E-state index < -0.39 is 0 Å². The van der Waals surface area contributed by atoms with Crippen molar-refractivity contribution in [3.05, 3.63) is 66.0 Å². The molecule has 2 aliphatic rings. The van der Waals surface area contributed by atoms with Gasteiger partial charge < -0.3 is 20.0 Å². The number of hydrogen-bond donors (Lipinski definition) is 1. The van der Waals surface area contributed by atoms with Crippen LogP contribution in [0.4, 0.5) is 10.1 Å². The maximum atomic E-state index is 13.4. The van der Waals surface area contributed by atoms with Crippen LogP contribution in [0.5, 0.6) is 0 Å². The minimum atomic E-state index is -0.259. The molecule has 2 heterocycles. The molecule has 2 aromatic carbocycles. The van der Waals surface area contributed by atoms with Gasteiger partial charge in [0.2, 0.25) is 11.8 Å². The minimum absolute atomic E-state index is 0.0857. The Labute approximate surface area is 205 Å². The smallest absolute Gasteiger partial charge is 0.253 e. The van der Waals surface area contributed by atoms with E-state index in [-0.39, 0.29) is 35.9 Å². The third-order valence-corrected chi connectivity index (χ3v) is 6.84. The molecule has 1 unspecified atom stereocenters. The van der Waals surface area contributed by atoms with Crippen LogP contribution in [0, 0.1) is 11.7 Å². The monoisotopic (exact) mass is 480 g/mol. The first-order valence-corrected chi connectivity index (χ1v) is 12.4. The van der Waals surface area contributed by atoms with E-state index in [0.717, 1.165) is 5.69 Å². The molecule has 1 atom stereocenters. The van der Waals surface area contributed by atoms with Crippen molar-refractivity contribution in [2.45, 2.75) is 25.7 Å². The molecule has 0 aliphatic carbocycles. The molecule has 2 fully saturated rings. The van der Waals surface area contributed by atoms with Crippen molar-refractivity contribution in [3.8, 4) is 0 Å². The van der Waals surface area contributed by atoms with Crippen LogP contribution in [0.3, 0.4) is 0 Å². The second-order valence-corrected chi connectivity index (χ2v) is 9.17. The van der Waals surface area contributed by atoms with Crippen molar-refractivity contribution in [2.75, 3.05) is 50.7 Å². The maximum absolute atomic E-state index is 13.4. The van der Waals surface area contributed by atoms with Gasteiger partial charge in [0.05, 0.1) is 0 Å². The fourth-order valence-electron chi connectivity index (χ4n) is 4.80. The minimum Gasteiger partial charge on any atom is -0.368 e. The quantitative estimate of drug-likeness (QED) is 0.733. The second-order valence-electron chi connectivity index (χ2n) is 9.17. The van der Waals surface area contributed by atoms with Crippen LogP contribution in [0.2, 0.25) is 0 Å². The third-order valence-electron chi connectivity index (χ3n) is 6.84. The highest BCUT2D eigenvalue weighted by atomic mass is 19.1. The molecule has 8 heteroatoms. The Morgan fingerprint density at radius 2 is 1.54 bits per heavy atom. The van der Waals surface area contributed by atoms with Crippen molar-refractivity contribution in [2.24, 2.45) is 5.92 Å². The lowest BCUT2D eigenvalue weighted by Gasteiger charge is -2.37. The summed E-state index contributed by atoms with van der Waals surface area (Å²) in [4.78, 5) is 44.5. The number of rotatable bonds is 3. The first kappa shape index (κ1) is 24.7. The zero-order valence-electron chi connectivity index (χ0n) is 20.0. The highest BCUT2D eigenvalue weighted by Crippen LogP contribution is 2.21. The van der Waals surface area contributed by atoms with Gasteiger partial charge in [-0.1, -0.05) is 18.2 Å². The van der Waals surface area contributed by atoms with Gasteiger partial charge in [-0.2, -0.15) is 0 Å². The van der Waals surface area contributed by atoms with E-state index in [1.54, 1.807) is 29.2 Å². The van der Waals surface area contributed by atoms with E-state index in [0.29, 0.717) is 70.6 Å². The number of benzene rings is 2. The number of hydrogen-bond acceptors (Lipinski definition) is 4. The van der Waals surface area contributed by atoms with Gasteiger partial charge >= 0.3 is 0 Å². The van der Waals surface area contributed by atoms with Crippen LogP contribution in [0.15, 0.2) is 54.6 Å². The summed E-state index contributed by atoms with van der Waals surface area (Å²) in [7, 11) is 0. The van der Waals surface area contributed by atoms with E-state index in [2.05, 4.69) is 10.2 Å². The van der Waals surface area contributed by atoms with Crippen LogP contribution in [-0.2, 0) is 9.59 Å². The van der Waals surface area contributed by atoms with Crippen LogP contribution < -0.4 is 10.2 Å². The first-order valence-electron chi connectivity index (χ1n) is 12.4. The molecular weight excluding hydrogens is 447 g/mol. The third kappa shape index (κ3) is 6.59. The Kier molecular flexibility index (Phi) is 8.34. The Bertz CT molecular complexity index is 1010. The summed E-state index contributed by atoms with van der Waals surface area (Å²) in [5, 5.41) is 2.91. The first-order chi connectivity index (χ1) is 17.0. The van der Waals surface area contributed by atoms with Gasteiger partial charge in [-0.25, -0.2) is 4.39 Å². The summed E-state index contributed by atoms with van der Waals surface area (Å²) in [6.45, 7) is 3.94. The van der Waals surface area contributed by atoms with Crippen molar-refractivity contribution in [1.29, 1.82) is 0 Å². The van der Waals surface area contributed by atoms with Crippen molar-refractivity contribution >= 4 is 23.4 Å². The summed E-state index contributed by atoms with van der Waals surface area (Å²) in [5.41, 5.74) is 1.56. The largest absolute Gasteiger partial charge is 0.368 e. The Morgan fingerprint density at radius 1 is 0.829 bits per heavy atom. The van der Waals surface area contributed by atoms with Gasteiger partial charge in [-0.15, -0.1) is 0 Å². The number of piperazine rings is 1. The van der Waals surface area contributed by atoms with Crippen molar-refractivity contribution in [3.63, 3.8) is 0 Å². The number of anilines is 1. The summed E-state index contributed by atoms with van der Waals surface area (Å²) >= 11 is 0. The summed E-state index contributed by atoms with van der Waals surface area (Å²) < 4.78 is 13.2. The summed E-state index contributed by atoms with van der Waals surface area (Å²) in [6, 6.07) is 15.5. The van der Waals surface area contributed by atoms with Crippen LogP contribution in [0.25, 0.3) is 0 Å². The van der Waals surface area contributed by atoms with Crippen LogP contribution >= 0.6 is 0 Å². The molecule has 0 spiro atoms. The van der Waals surface area contributed by atoms with E-state index in [4.69, 9.17) is 0 Å². The molecule has 186 valence electrons. The highest BCUT2D eigenvalue weighted by Gasteiger charge is 2.28. The van der Waals surface area contributed by atoms with E-state index >= 15 is 0 Å². The molecule has 4 rings (SSSR count). The lowest BCUT2D eigenvalue weighted by molar-refractivity contribution is -0.136. The molecule has 0 radical (unpaired) electrons. The molecule has 1 N–H and O–H groups in total. The SMILES string of the molecule is O=C1CCN(C(=O)c2ccccc2)CCCC(C(=O)N2CCN(c3ccc(F)cc3)CC2)CCN1. The summed E-state index contributed by atoms with van der Waals surface area (Å²) in [5.74, 6) is -0.530. The second kappa shape index (κ2) is 11.8. The highest BCUT2D eigenvalue weighted by molar-refractivity contribution is 5.94. The standard InChI is InChI=1S/C27H33FN4O3/c28-23-8-10-24(11-9-23)30-17-19-32(20-18-30)27(35)22-7-4-15-31(16-13-25(33)29-14-12-22)26(34)21-5-2-1-3-6-21/h1-3,5-6,8-11,22H,4,7,12-20H2,(H,29,33). The van der Waals surface area contributed by atoms with E-state index in [1.165, 1.54) is 12.1 Å². The number of amides is 3. The number of carbonyl (C=O) groups is 3. The van der Waals surface area contributed by atoms with Gasteiger partial charge in [0, 0.05) is 69.4 Å². The Balaban J connectivity index is 1.35. The molecule has 2 saturated heterocycles. The molecule has 3 amide bonds. The van der Waals surface area contributed by atoms with Crippen molar-refractivity contribution < 1.29 is 18.8 Å². The fraction of sp³-hybridized carbons (Fsp3) is 0.444. The van der Waals surface area contributed by atoms with Gasteiger partial charge in [0.15, 0.2) is 0 Å². The lowest BCUT2D eigenvalue weighted by atomic mass is 9.96. The van der Waals surface area contributed by atoms with Crippen LogP contribution in [0.1, 0.15) is 36.0 Å². The molecule has 2 aromatic rings. The Morgan fingerprint density at radius 3 is 2.26 bits per heavy atom. The predicted octanol–water partition coefficient (Wildman–Crippen LogP) is 2.92. The zero-order chi connectivity index (χ0) is 24.6. The summed E-state index contributed by atoms with van der Waals surface area (Å²) in [6.07, 6.45) is 2.22. The molecule has 0 aromatic heterocycles. The van der Waals surface area contributed by atoms with Crippen molar-refractivity contribution in [1.82, 2.24) is 15.1 Å². The number of halogens is 1. The average molecular weight is 481 g/mol. The van der Waals surface area contributed by atoms with Gasteiger partial charge in [0.1, 0.15) is 5.82 Å². The lowest BCUT2D eigenvalue weighted by Crippen LogP contribution is -2.50. The van der Waals surface area contributed by atoms with Gasteiger partial charge in [-0.3, -0.25) is 14.4 Å². The fourth-order valence-corrected chi connectivity index (χ4v) is 4.80. The zero-order valence-corrected chi connectivity index (χ0v) is 20.0. The maximum Gasteiger partial charge on any atom is 0.253 e.